The van der Waals surface area contributed by atoms with Crippen molar-refractivity contribution in [1.29, 1.82) is 0 Å². The standard InChI is InChI=1S/C27H26ClN3O4S/c1-34-20-11-12-24(35-2)22(15-20)30-26(32)17-36-25-16-31(23-6-4-3-5-21(23)25)14-13-29-27(33)18-7-9-19(28)10-8-18/h3-12,15-16H,13-14,17H2,1-2H3,(H,29,33)(H,30,32). The number of nitrogens with zero attached hydrogens (tertiary/aromatic N) is 1. The number of thioether (sulfide) groups is 1. The number of hydrogen-bond acceptors (Lipinski definition) is 5. The van der Waals surface area contributed by atoms with Crippen LogP contribution in [0.25, 0.3) is 10.9 Å². The number of methoxy groups -OCH3 is 2. The van der Waals surface area contributed by atoms with Gasteiger partial charge in [0.15, 0.2) is 0 Å². The molecule has 186 valence electrons. The van der Waals surface area contributed by atoms with Crippen LogP contribution in [0.4, 0.5) is 5.69 Å². The highest BCUT2D eigenvalue weighted by Gasteiger charge is 2.13. The van der Waals surface area contributed by atoms with E-state index in [1.54, 1.807) is 56.7 Å². The van der Waals surface area contributed by atoms with E-state index in [2.05, 4.69) is 15.2 Å². The van der Waals surface area contributed by atoms with E-state index >= 15 is 0 Å². The van der Waals surface area contributed by atoms with Crippen LogP contribution in [0.5, 0.6) is 11.5 Å². The average Bonchev–Trinajstić information content (AvgIpc) is 3.25. The Morgan fingerprint density at radius 1 is 1.00 bits per heavy atom. The summed E-state index contributed by atoms with van der Waals surface area (Å²) in [6.45, 7) is 1.05. The Labute approximate surface area is 218 Å². The van der Waals surface area contributed by atoms with Gasteiger partial charge in [-0.05, 0) is 42.5 Å². The Hall–Kier alpha value is -3.62. The molecule has 9 heteroatoms. The van der Waals surface area contributed by atoms with Gasteiger partial charge in [-0.1, -0.05) is 29.8 Å². The zero-order valence-electron chi connectivity index (χ0n) is 19.9. The molecule has 36 heavy (non-hydrogen) atoms. The van der Waals surface area contributed by atoms with E-state index in [9.17, 15) is 9.59 Å². The van der Waals surface area contributed by atoms with Crippen LogP contribution in [0.3, 0.4) is 0 Å². The molecule has 0 saturated heterocycles. The van der Waals surface area contributed by atoms with Crippen molar-refractivity contribution in [3.63, 3.8) is 0 Å². The predicted octanol–water partition coefficient (Wildman–Crippen LogP) is 5.47. The average molecular weight is 524 g/mol. The quantitative estimate of drug-likeness (QED) is 0.269. The van der Waals surface area contributed by atoms with Gasteiger partial charge in [0, 0.05) is 51.7 Å². The van der Waals surface area contributed by atoms with Gasteiger partial charge in [-0.2, -0.15) is 0 Å². The van der Waals surface area contributed by atoms with Crippen LogP contribution in [0.2, 0.25) is 5.02 Å². The number of fused-ring (bicyclic) bond motifs is 1. The van der Waals surface area contributed by atoms with E-state index in [1.165, 1.54) is 11.8 Å². The minimum Gasteiger partial charge on any atom is -0.497 e. The highest BCUT2D eigenvalue weighted by atomic mass is 35.5. The molecule has 0 bridgehead atoms. The number of aromatic nitrogens is 1. The molecule has 1 heterocycles. The summed E-state index contributed by atoms with van der Waals surface area (Å²) < 4.78 is 12.7. The Morgan fingerprint density at radius 2 is 1.78 bits per heavy atom. The van der Waals surface area contributed by atoms with Crippen molar-refractivity contribution < 1.29 is 19.1 Å². The molecular formula is C27H26ClN3O4S. The minimum atomic E-state index is -0.154. The molecule has 0 fully saturated rings. The first-order valence-corrected chi connectivity index (χ1v) is 12.6. The van der Waals surface area contributed by atoms with Crippen LogP contribution >= 0.6 is 23.4 Å². The first-order valence-electron chi connectivity index (χ1n) is 11.2. The summed E-state index contributed by atoms with van der Waals surface area (Å²) in [6.07, 6.45) is 2.02. The van der Waals surface area contributed by atoms with Crippen molar-refractivity contribution in [2.45, 2.75) is 11.4 Å². The van der Waals surface area contributed by atoms with Gasteiger partial charge < -0.3 is 24.7 Å². The monoisotopic (exact) mass is 523 g/mol. The summed E-state index contributed by atoms with van der Waals surface area (Å²) in [4.78, 5) is 26.1. The van der Waals surface area contributed by atoms with Gasteiger partial charge in [-0.15, -0.1) is 11.8 Å². The van der Waals surface area contributed by atoms with Gasteiger partial charge in [0.05, 0.1) is 25.7 Å². The van der Waals surface area contributed by atoms with Crippen LogP contribution in [0.1, 0.15) is 10.4 Å². The molecule has 2 N–H and O–H groups in total. The number of nitrogens with one attached hydrogen (secondary N) is 2. The van der Waals surface area contributed by atoms with Gasteiger partial charge in [0.1, 0.15) is 11.5 Å². The molecule has 0 aliphatic heterocycles. The molecule has 1 aromatic heterocycles. The van der Waals surface area contributed by atoms with E-state index in [0.717, 1.165) is 15.8 Å². The summed E-state index contributed by atoms with van der Waals surface area (Å²) in [6, 6.07) is 20.0. The van der Waals surface area contributed by atoms with E-state index in [-0.39, 0.29) is 17.6 Å². The number of para-hydroxylation sites is 1. The fourth-order valence-corrected chi connectivity index (χ4v) is 4.76. The van der Waals surface area contributed by atoms with E-state index in [1.807, 2.05) is 30.5 Å². The maximum Gasteiger partial charge on any atom is 0.251 e. The Kier molecular flexibility index (Phi) is 8.40. The molecule has 0 aliphatic rings. The fraction of sp³-hybridized carbons (Fsp3) is 0.185. The van der Waals surface area contributed by atoms with E-state index in [0.29, 0.717) is 40.9 Å². The number of anilines is 1. The largest absolute Gasteiger partial charge is 0.497 e. The number of carbonyl (C=O) groups is 2. The van der Waals surface area contributed by atoms with Crippen molar-refractivity contribution in [2.75, 3.05) is 31.8 Å². The van der Waals surface area contributed by atoms with Gasteiger partial charge >= 0.3 is 0 Å². The molecule has 2 amide bonds. The molecule has 0 atom stereocenters. The summed E-state index contributed by atoms with van der Waals surface area (Å²) in [5.74, 6) is 1.11. The van der Waals surface area contributed by atoms with Crippen LogP contribution < -0.4 is 20.1 Å². The lowest BCUT2D eigenvalue weighted by Crippen LogP contribution is -2.27. The van der Waals surface area contributed by atoms with Crippen molar-refractivity contribution in [1.82, 2.24) is 9.88 Å². The molecule has 0 aliphatic carbocycles. The Bertz CT molecular complexity index is 1370. The van der Waals surface area contributed by atoms with Crippen molar-refractivity contribution in [3.8, 4) is 11.5 Å². The maximum absolute atomic E-state index is 12.7. The molecule has 0 spiro atoms. The number of amides is 2. The van der Waals surface area contributed by atoms with Gasteiger partial charge in [-0.3, -0.25) is 9.59 Å². The fourth-order valence-electron chi connectivity index (χ4n) is 3.75. The van der Waals surface area contributed by atoms with Crippen LogP contribution in [-0.4, -0.2) is 42.9 Å². The van der Waals surface area contributed by atoms with Gasteiger partial charge in [-0.25, -0.2) is 0 Å². The summed E-state index contributed by atoms with van der Waals surface area (Å²) in [5.41, 5.74) is 2.16. The lowest BCUT2D eigenvalue weighted by atomic mass is 10.2. The molecule has 0 unspecified atom stereocenters. The lowest BCUT2D eigenvalue weighted by Gasteiger charge is -2.11. The summed E-state index contributed by atoms with van der Waals surface area (Å²) in [5, 5.41) is 7.49. The first-order chi connectivity index (χ1) is 17.5. The third kappa shape index (κ3) is 6.13. The van der Waals surface area contributed by atoms with Crippen molar-refractivity contribution >= 4 is 51.8 Å². The van der Waals surface area contributed by atoms with Crippen molar-refractivity contribution in [3.05, 3.63) is 83.5 Å². The summed E-state index contributed by atoms with van der Waals surface area (Å²) in [7, 11) is 3.13. The Morgan fingerprint density at radius 3 is 2.53 bits per heavy atom. The number of carbonyl (C=O) groups excluding carboxylic acids is 2. The predicted molar refractivity (Wildman–Crippen MR) is 145 cm³/mol. The number of benzene rings is 3. The molecular weight excluding hydrogens is 498 g/mol. The number of ether oxygens (including phenoxy) is 2. The van der Waals surface area contributed by atoms with E-state index in [4.69, 9.17) is 21.1 Å². The zero-order chi connectivity index (χ0) is 25.5. The highest BCUT2D eigenvalue weighted by molar-refractivity contribution is 8.00. The van der Waals surface area contributed by atoms with Crippen molar-refractivity contribution in [2.24, 2.45) is 0 Å². The number of hydrogen-bond donors (Lipinski definition) is 2. The lowest BCUT2D eigenvalue weighted by molar-refractivity contribution is -0.113. The second-order valence-corrected chi connectivity index (χ2v) is 9.32. The van der Waals surface area contributed by atoms with Crippen LogP contribution in [0.15, 0.2) is 77.8 Å². The third-order valence-corrected chi connectivity index (χ3v) is 6.83. The molecule has 0 radical (unpaired) electrons. The van der Waals surface area contributed by atoms with E-state index < -0.39 is 0 Å². The minimum absolute atomic E-state index is 0.151. The second-order valence-electron chi connectivity index (χ2n) is 7.87. The smallest absolute Gasteiger partial charge is 0.251 e. The molecule has 4 aromatic rings. The van der Waals surface area contributed by atoms with Gasteiger partial charge in [0.2, 0.25) is 5.91 Å². The highest BCUT2D eigenvalue weighted by Crippen LogP contribution is 2.32. The first kappa shape index (κ1) is 25.5. The topological polar surface area (TPSA) is 81.6 Å². The Balaban J connectivity index is 1.39. The van der Waals surface area contributed by atoms with Crippen LogP contribution in [-0.2, 0) is 11.3 Å². The zero-order valence-corrected chi connectivity index (χ0v) is 21.5. The molecule has 4 rings (SSSR count). The second kappa shape index (κ2) is 11.9. The molecule has 7 nitrogen and oxygen atoms in total. The van der Waals surface area contributed by atoms with Crippen LogP contribution in [0, 0.1) is 0 Å². The van der Waals surface area contributed by atoms with Gasteiger partial charge in [0.25, 0.3) is 5.91 Å². The molecule has 3 aromatic carbocycles. The normalized spacial score (nSPS) is 10.8. The number of halogens is 1. The molecule has 0 saturated carbocycles. The number of rotatable bonds is 10. The summed E-state index contributed by atoms with van der Waals surface area (Å²) >= 11 is 7.35. The third-order valence-electron chi connectivity index (χ3n) is 5.54. The SMILES string of the molecule is COc1ccc(OC)c(NC(=O)CSc2cn(CCNC(=O)c3ccc(Cl)cc3)c3ccccc23)c1. The maximum atomic E-state index is 12.7.